The van der Waals surface area contributed by atoms with E-state index >= 15 is 0 Å². The van der Waals surface area contributed by atoms with Crippen molar-refractivity contribution in [1.29, 1.82) is 0 Å². The number of esters is 1. The Hall–Kier alpha value is -1.50. The number of nitrogens with one attached hydrogen (secondary N) is 2. The molecule has 0 saturated heterocycles. The van der Waals surface area contributed by atoms with Gasteiger partial charge in [-0.15, -0.1) is 0 Å². The lowest BCUT2D eigenvalue weighted by Crippen LogP contribution is -2.50. The molecule has 128 valence electrons. The highest BCUT2D eigenvalue weighted by Gasteiger charge is 2.35. The maximum atomic E-state index is 11.9. The molecule has 0 heterocycles. The van der Waals surface area contributed by atoms with E-state index in [-0.39, 0.29) is 6.54 Å². The Morgan fingerprint density at radius 1 is 1.22 bits per heavy atom. The second-order valence-corrected chi connectivity index (χ2v) is 7.05. The zero-order chi connectivity index (χ0) is 17.8. The Labute approximate surface area is 145 Å². The van der Waals surface area contributed by atoms with Crippen LogP contribution in [-0.4, -0.2) is 34.9 Å². The van der Waals surface area contributed by atoms with Crippen LogP contribution in [-0.2, 0) is 9.53 Å². The summed E-state index contributed by atoms with van der Waals surface area (Å²) in [7, 11) is 0. The van der Waals surface area contributed by atoms with Gasteiger partial charge in [0.1, 0.15) is 5.60 Å². The van der Waals surface area contributed by atoms with E-state index in [0.29, 0.717) is 15.7 Å². The molecule has 0 fully saturated rings. The lowest BCUT2D eigenvalue weighted by molar-refractivity contribution is -0.174. The molecule has 0 bridgehead atoms. The number of rotatable bonds is 4. The van der Waals surface area contributed by atoms with E-state index in [4.69, 9.17) is 27.9 Å². The first-order valence-corrected chi connectivity index (χ1v) is 7.62. The summed E-state index contributed by atoms with van der Waals surface area (Å²) in [5, 5.41) is 15.7. The van der Waals surface area contributed by atoms with E-state index in [1.165, 1.54) is 19.1 Å². The molecule has 0 spiro atoms. The van der Waals surface area contributed by atoms with Crippen molar-refractivity contribution in [3.05, 3.63) is 28.2 Å². The number of amides is 2. The van der Waals surface area contributed by atoms with Crippen LogP contribution in [0.15, 0.2) is 18.2 Å². The summed E-state index contributed by atoms with van der Waals surface area (Å²) >= 11 is 11.8. The molecule has 8 heteroatoms. The van der Waals surface area contributed by atoms with Crippen molar-refractivity contribution >= 4 is 40.9 Å². The maximum absolute atomic E-state index is 11.9. The highest BCUT2D eigenvalue weighted by Crippen LogP contribution is 2.25. The van der Waals surface area contributed by atoms with Gasteiger partial charge >= 0.3 is 12.0 Å². The first-order valence-electron chi connectivity index (χ1n) is 6.86. The van der Waals surface area contributed by atoms with Crippen LogP contribution < -0.4 is 10.6 Å². The summed E-state index contributed by atoms with van der Waals surface area (Å²) in [6, 6.07) is 3.96. The van der Waals surface area contributed by atoms with Crippen molar-refractivity contribution in [2.45, 2.75) is 38.9 Å². The molecule has 3 N–H and O–H groups in total. The van der Waals surface area contributed by atoms with Crippen LogP contribution in [0, 0.1) is 0 Å². The molecule has 0 aliphatic carbocycles. The number of carbonyl (C=O) groups is 2. The van der Waals surface area contributed by atoms with Crippen LogP contribution in [0.25, 0.3) is 0 Å². The molecule has 0 saturated carbocycles. The summed E-state index contributed by atoms with van der Waals surface area (Å²) in [4.78, 5) is 23.7. The maximum Gasteiger partial charge on any atom is 0.340 e. The van der Waals surface area contributed by atoms with Crippen molar-refractivity contribution < 1.29 is 19.4 Å². The summed E-state index contributed by atoms with van der Waals surface area (Å²) in [5.74, 6) is -0.828. The average Bonchev–Trinajstić information content (AvgIpc) is 2.39. The first-order chi connectivity index (χ1) is 10.4. The molecule has 1 aromatic rings. The van der Waals surface area contributed by atoms with Gasteiger partial charge in [-0.3, -0.25) is 0 Å². The molecule has 2 amide bonds. The molecular weight excluding hydrogens is 343 g/mol. The van der Waals surface area contributed by atoms with Crippen molar-refractivity contribution in [3.63, 3.8) is 0 Å². The molecular formula is C15H20Cl2N2O4. The molecule has 0 aliphatic heterocycles. The van der Waals surface area contributed by atoms with Gasteiger partial charge in [0.25, 0.3) is 0 Å². The number of hydrogen-bond donors (Lipinski definition) is 3. The predicted molar refractivity (Wildman–Crippen MR) is 90.0 cm³/mol. The normalized spacial score (nSPS) is 13.9. The van der Waals surface area contributed by atoms with Crippen LogP contribution in [0.3, 0.4) is 0 Å². The Kier molecular flexibility index (Phi) is 6.27. The highest BCUT2D eigenvalue weighted by molar-refractivity contribution is 6.35. The quantitative estimate of drug-likeness (QED) is 0.717. The van der Waals surface area contributed by atoms with E-state index < -0.39 is 23.2 Å². The Morgan fingerprint density at radius 3 is 2.39 bits per heavy atom. The standard InChI is InChI=1S/C15H20Cl2N2O4/c1-14(2,3)23-12(20)15(4,22)8-18-13(21)19-11-7-9(16)5-6-10(11)17/h5-7,22H,8H2,1-4H3,(H2,18,19,21). The number of halogens is 2. The molecule has 1 aromatic carbocycles. The number of hydrogen-bond acceptors (Lipinski definition) is 4. The van der Waals surface area contributed by atoms with Gasteiger partial charge in [0.05, 0.1) is 17.3 Å². The Morgan fingerprint density at radius 2 is 1.83 bits per heavy atom. The second kappa shape index (κ2) is 7.38. The summed E-state index contributed by atoms with van der Waals surface area (Å²) in [6.07, 6.45) is 0. The Balaban J connectivity index is 2.61. The van der Waals surface area contributed by atoms with Gasteiger partial charge in [0, 0.05) is 5.02 Å². The summed E-state index contributed by atoms with van der Waals surface area (Å²) < 4.78 is 5.09. The lowest BCUT2D eigenvalue weighted by atomic mass is 10.1. The minimum Gasteiger partial charge on any atom is -0.458 e. The van der Waals surface area contributed by atoms with Crippen LogP contribution >= 0.6 is 23.2 Å². The summed E-state index contributed by atoms with van der Waals surface area (Å²) in [6.45, 7) is 5.98. The first kappa shape index (κ1) is 19.5. The van der Waals surface area contributed by atoms with Crippen LogP contribution in [0.1, 0.15) is 27.7 Å². The second-order valence-electron chi connectivity index (χ2n) is 6.21. The predicted octanol–water partition coefficient (Wildman–Crippen LogP) is 3.21. The fourth-order valence-electron chi connectivity index (χ4n) is 1.47. The topological polar surface area (TPSA) is 87.7 Å². The van der Waals surface area contributed by atoms with Gasteiger partial charge in [-0.2, -0.15) is 0 Å². The van der Waals surface area contributed by atoms with Crippen molar-refractivity contribution in [1.82, 2.24) is 5.32 Å². The molecule has 23 heavy (non-hydrogen) atoms. The number of urea groups is 1. The van der Waals surface area contributed by atoms with E-state index in [0.717, 1.165) is 0 Å². The lowest BCUT2D eigenvalue weighted by Gasteiger charge is -2.27. The Bertz CT molecular complexity index is 598. The molecule has 0 aliphatic rings. The van der Waals surface area contributed by atoms with E-state index in [1.54, 1.807) is 26.8 Å². The third kappa shape index (κ3) is 6.64. The van der Waals surface area contributed by atoms with Crippen LogP contribution in [0.2, 0.25) is 10.0 Å². The largest absolute Gasteiger partial charge is 0.458 e. The van der Waals surface area contributed by atoms with Crippen LogP contribution in [0.4, 0.5) is 10.5 Å². The van der Waals surface area contributed by atoms with Gasteiger partial charge in [-0.25, -0.2) is 9.59 Å². The highest BCUT2D eigenvalue weighted by atomic mass is 35.5. The molecule has 0 radical (unpaired) electrons. The van der Waals surface area contributed by atoms with Gasteiger partial charge in [-0.1, -0.05) is 23.2 Å². The number of benzene rings is 1. The van der Waals surface area contributed by atoms with Crippen molar-refractivity contribution in [2.24, 2.45) is 0 Å². The van der Waals surface area contributed by atoms with Gasteiger partial charge in [-0.05, 0) is 45.9 Å². The van der Waals surface area contributed by atoms with Crippen molar-refractivity contribution in [2.75, 3.05) is 11.9 Å². The zero-order valence-corrected chi connectivity index (χ0v) is 14.9. The van der Waals surface area contributed by atoms with E-state index in [2.05, 4.69) is 10.6 Å². The summed E-state index contributed by atoms with van der Waals surface area (Å²) in [5.41, 5.74) is -2.28. The number of anilines is 1. The molecule has 6 nitrogen and oxygen atoms in total. The SMILES string of the molecule is CC(C)(C)OC(=O)C(C)(O)CNC(=O)Nc1cc(Cl)ccc1Cl. The van der Waals surface area contributed by atoms with Gasteiger partial charge < -0.3 is 20.5 Å². The van der Waals surface area contributed by atoms with E-state index in [9.17, 15) is 14.7 Å². The third-order valence-corrected chi connectivity index (χ3v) is 3.17. The number of aliphatic hydroxyl groups is 1. The van der Waals surface area contributed by atoms with Gasteiger partial charge in [0.15, 0.2) is 5.60 Å². The molecule has 1 unspecified atom stereocenters. The van der Waals surface area contributed by atoms with E-state index in [1.807, 2.05) is 0 Å². The van der Waals surface area contributed by atoms with Crippen LogP contribution in [0.5, 0.6) is 0 Å². The number of carbonyl (C=O) groups excluding carboxylic acids is 2. The minimum absolute atomic E-state index is 0.309. The molecule has 1 rings (SSSR count). The van der Waals surface area contributed by atoms with Crippen molar-refractivity contribution in [3.8, 4) is 0 Å². The number of ether oxygens (including phenoxy) is 1. The zero-order valence-electron chi connectivity index (χ0n) is 13.4. The fourth-order valence-corrected chi connectivity index (χ4v) is 1.81. The minimum atomic E-state index is -1.86. The third-order valence-electron chi connectivity index (χ3n) is 2.61. The monoisotopic (exact) mass is 362 g/mol. The molecule has 1 atom stereocenters. The average molecular weight is 363 g/mol. The fraction of sp³-hybridized carbons (Fsp3) is 0.467. The van der Waals surface area contributed by atoms with Gasteiger partial charge in [0.2, 0.25) is 0 Å². The smallest absolute Gasteiger partial charge is 0.340 e. The molecule has 0 aromatic heterocycles.